The van der Waals surface area contributed by atoms with Crippen molar-refractivity contribution in [1.29, 1.82) is 0 Å². The minimum absolute atomic E-state index is 0.118. The molecular weight excluding hydrogens is 393 g/mol. The molecule has 1 fully saturated rings. The van der Waals surface area contributed by atoms with Crippen LogP contribution in [0.1, 0.15) is 51.7 Å². The SMILES string of the molecule is CCc1cc(-c2ccc(F)c(F)c2F)ccc1C1C(=O)C(C)(C)C(=O)C(C)(C)C1=O. The van der Waals surface area contributed by atoms with E-state index in [0.29, 0.717) is 23.1 Å². The Labute approximate surface area is 173 Å². The number of hydrogen-bond donors (Lipinski definition) is 0. The minimum atomic E-state index is -1.56. The van der Waals surface area contributed by atoms with E-state index in [4.69, 9.17) is 0 Å². The van der Waals surface area contributed by atoms with Crippen LogP contribution < -0.4 is 0 Å². The van der Waals surface area contributed by atoms with Crippen molar-refractivity contribution >= 4 is 17.3 Å². The number of carbonyl (C=O) groups is 3. The first-order valence-electron chi connectivity index (χ1n) is 9.75. The van der Waals surface area contributed by atoms with Gasteiger partial charge >= 0.3 is 0 Å². The van der Waals surface area contributed by atoms with Crippen molar-refractivity contribution < 1.29 is 27.6 Å². The van der Waals surface area contributed by atoms with Gasteiger partial charge in [-0.1, -0.05) is 25.1 Å². The molecule has 0 N–H and O–H groups in total. The van der Waals surface area contributed by atoms with Crippen molar-refractivity contribution in [1.82, 2.24) is 0 Å². The van der Waals surface area contributed by atoms with Crippen LogP contribution >= 0.6 is 0 Å². The molecule has 0 aliphatic heterocycles. The van der Waals surface area contributed by atoms with Crippen LogP contribution in [0.2, 0.25) is 0 Å². The quantitative estimate of drug-likeness (QED) is 0.511. The van der Waals surface area contributed by atoms with Crippen LogP contribution in [-0.4, -0.2) is 17.3 Å². The fourth-order valence-electron chi connectivity index (χ4n) is 4.24. The first kappa shape index (κ1) is 21.9. The first-order chi connectivity index (χ1) is 13.9. The summed E-state index contributed by atoms with van der Waals surface area (Å²) < 4.78 is 41.2. The van der Waals surface area contributed by atoms with Crippen molar-refractivity contribution in [3.8, 4) is 11.1 Å². The molecule has 0 amide bonds. The van der Waals surface area contributed by atoms with Crippen LogP contribution in [0.3, 0.4) is 0 Å². The maximum Gasteiger partial charge on any atom is 0.195 e. The number of aryl methyl sites for hydroxylation is 1. The van der Waals surface area contributed by atoms with Crippen molar-refractivity contribution in [3.63, 3.8) is 0 Å². The summed E-state index contributed by atoms with van der Waals surface area (Å²) in [6, 6.07) is 6.57. The summed E-state index contributed by atoms with van der Waals surface area (Å²) in [4.78, 5) is 39.0. The molecule has 1 aliphatic carbocycles. The van der Waals surface area contributed by atoms with Gasteiger partial charge < -0.3 is 0 Å². The lowest BCUT2D eigenvalue weighted by Crippen LogP contribution is -2.56. The van der Waals surface area contributed by atoms with Gasteiger partial charge in [-0.2, -0.15) is 0 Å². The third-order valence-corrected chi connectivity index (χ3v) is 6.07. The minimum Gasteiger partial charge on any atom is -0.298 e. The van der Waals surface area contributed by atoms with Crippen molar-refractivity contribution in [2.45, 2.75) is 47.0 Å². The topological polar surface area (TPSA) is 51.2 Å². The molecule has 3 nitrogen and oxygen atoms in total. The van der Waals surface area contributed by atoms with Crippen molar-refractivity contribution in [2.75, 3.05) is 0 Å². The molecule has 3 rings (SSSR count). The van der Waals surface area contributed by atoms with Gasteiger partial charge in [0.1, 0.15) is 5.92 Å². The molecule has 0 spiro atoms. The highest BCUT2D eigenvalue weighted by Crippen LogP contribution is 2.45. The van der Waals surface area contributed by atoms with E-state index in [1.54, 1.807) is 6.07 Å². The molecule has 2 aromatic carbocycles. The predicted octanol–water partition coefficient (Wildman–Crippen LogP) is 5.19. The van der Waals surface area contributed by atoms with E-state index in [2.05, 4.69) is 0 Å². The highest BCUT2D eigenvalue weighted by Gasteiger charge is 2.58. The number of rotatable bonds is 3. The predicted molar refractivity (Wildman–Crippen MR) is 106 cm³/mol. The molecule has 0 heterocycles. The average Bonchev–Trinajstić information content (AvgIpc) is 2.70. The van der Waals surface area contributed by atoms with Crippen LogP contribution in [0.25, 0.3) is 11.1 Å². The summed E-state index contributed by atoms with van der Waals surface area (Å²) in [5.74, 6) is -6.63. The van der Waals surface area contributed by atoms with Gasteiger partial charge in [0.25, 0.3) is 0 Å². The van der Waals surface area contributed by atoms with Gasteiger partial charge in [-0.25, -0.2) is 13.2 Å². The zero-order chi connectivity index (χ0) is 22.6. The molecule has 0 bridgehead atoms. The van der Waals surface area contributed by atoms with E-state index in [-0.39, 0.29) is 5.56 Å². The largest absolute Gasteiger partial charge is 0.298 e. The van der Waals surface area contributed by atoms with Gasteiger partial charge in [0.2, 0.25) is 0 Å². The average molecular weight is 416 g/mol. The van der Waals surface area contributed by atoms with Crippen LogP contribution in [0.5, 0.6) is 0 Å². The molecular formula is C24H23F3O3. The Kier molecular flexibility index (Phi) is 5.25. The fraction of sp³-hybridized carbons (Fsp3) is 0.375. The van der Waals surface area contributed by atoms with E-state index >= 15 is 0 Å². The first-order valence-corrected chi connectivity index (χ1v) is 9.75. The van der Waals surface area contributed by atoms with Gasteiger partial charge in [-0.3, -0.25) is 14.4 Å². The molecule has 6 heteroatoms. The van der Waals surface area contributed by atoms with Gasteiger partial charge in [-0.05, 0) is 62.9 Å². The second-order valence-electron chi connectivity index (χ2n) is 8.73. The van der Waals surface area contributed by atoms with Crippen molar-refractivity contribution in [3.05, 3.63) is 58.9 Å². The number of Topliss-reactive ketones (excluding diaryl/α,β-unsaturated/α-hetero) is 3. The Hall–Kier alpha value is -2.76. The molecule has 1 aliphatic rings. The Bertz CT molecular complexity index is 1050. The van der Waals surface area contributed by atoms with Crippen LogP contribution in [0.15, 0.2) is 30.3 Å². The Balaban J connectivity index is 2.16. The number of halogens is 3. The Morgan fingerprint density at radius 2 is 1.40 bits per heavy atom. The second kappa shape index (κ2) is 7.18. The number of ketones is 3. The van der Waals surface area contributed by atoms with Gasteiger partial charge in [0.15, 0.2) is 34.8 Å². The second-order valence-corrected chi connectivity index (χ2v) is 8.73. The fourth-order valence-corrected chi connectivity index (χ4v) is 4.24. The molecule has 0 saturated heterocycles. The summed E-state index contributed by atoms with van der Waals surface area (Å²) in [5.41, 5.74) is -1.41. The molecule has 0 radical (unpaired) electrons. The zero-order valence-corrected chi connectivity index (χ0v) is 17.5. The Morgan fingerprint density at radius 3 is 1.93 bits per heavy atom. The summed E-state index contributed by atoms with van der Waals surface area (Å²) >= 11 is 0. The molecule has 158 valence electrons. The molecule has 0 aromatic heterocycles. The zero-order valence-electron chi connectivity index (χ0n) is 17.5. The lowest BCUT2D eigenvalue weighted by atomic mass is 9.57. The van der Waals surface area contributed by atoms with E-state index in [0.717, 1.165) is 12.1 Å². The van der Waals surface area contributed by atoms with Crippen LogP contribution in [0.4, 0.5) is 13.2 Å². The van der Waals surface area contributed by atoms with Crippen LogP contribution in [-0.2, 0) is 20.8 Å². The number of hydrogen-bond acceptors (Lipinski definition) is 3. The number of carbonyl (C=O) groups excluding carboxylic acids is 3. The summed E-state index contributed by atoms with van der Waals surface area (Å²) in [7, 11) is 0. The van der Waals surface area contributed by atoms with Gasteiger partial charge in [0.05, 0.1) is 10.8 Å². The van der Waals surface area contributed by atoms with Crippen molar-refractivity contribution in [2.24, 2.45) is 10.8 Å². The molecule has 2 aromatic rings. The summed E-state index contributed by atoms with van der Waals surface area (Å²) in [6.07, 6.45) is 0.417. The Morgan fingerprint density at radius 1 is 0.833 bits per heavy atom. The summed E-state index contributed by atoms with van der Waals surface area (Å²) in [6.45, 7) is 7.90. The highest BCUT2D eigenvalue weighted by molar-refractivity contribution is 6.30. The highest BCUT2D eigenvalue weighted by atomic mass is 19.2. The lowest BCUT2D eigenvalue weighted by molar-refractivity contribution is -0.157. The molecule has 0 unspecified atom stereocenters. The third kappa shape index (κ3) is 3.09. The normalized spacial score (nSPS) is 18.7. The van der Waals surface area contributed by atoms with Gasteiger partial charge in [-0.15, -0.1) is 0 Å². The smallest absolute Gasteiger partial charge is 0.195 e. The van der Waals surface area contributed by atoms with Crippen LogP contribution in [0, 0.1) is 28.3 Å². The van der Waals surface area contributed by atoms with E-state index < -0.39 is 51.5 Å². The monoisotopic (exact) mass is 416 g/mol. The molecule has 30 heavy (non-hydrogen) atoms. The van der Waals surface area contributed by atoms with E-state index in [9.17, 15) is 27.6 Å². The maximum atomic E-state index is 14.2. The van der Waals surface area contributed by atoms with E-state index in [1.165, 1.54) is 39.8 Å². The standard InChI is InChI=1S/C24H23F3O3/c1-6-12-11-13(15-9-10-16(25)19(27)18(15)26)7-8-14(12)17-20(28)23(2,3)22(30)24(4,5)21(17)29/h7-11,17H,6H2,1-5H3. The van der Waals surface area contributed by atoms with E-state index in [1.807, 2.05) is 6.92 Å². The number of benzene rings is 2. The lowest BCUT2D eigenvalue weighted by Gasteiger charge is -2.41. The van der Waals surface area contributed by atoms with Gasteiger partial charge in [0, 0.05) is 5.56 Å². The third-order valence-electron chi connectivity index (χ3n) is 6.07. The molecule has 0 atom stereocenters. The summed E-state index contributed by atoms with van der Waals surface area (Å²) in [5, 5.41) is 0. The molecule has 1 saturated carbocycles. The maximum absolute atomic E-state index is 14.2.